The van der Waals surface area contributed by atoms with E-state index in [1.165, 1.54) is 0 Å². The highest BCUT2D eigenvalue weighted by atomic mass is 79.9. The number of nitrogens with zero attached hydrogens (tertiary/aromatic N) is 1. The van der Waals surface area contributed by atoms with Crippen molar-refractivity contribution in [1.82, 2.24) is 4.90 Å². The Hall–Kier alpha value is -3.30. The van der Waals surface area contributed by atoms with Gasteiger partial charge in [0.25, 0.3) is 11.1 Å². The maximum Gasteiger partial charge on any atom is 0.294 e. The molecular formula is C29H19BrCl2N2O4S. The van der Waals surface area contributed by atoms with Gasteiger partial charge in [0.15, 0.2) is 5.75 Å². The summed E-state index contributed by atoms with van der Waals surface area (Å²) in [5.74, 6) is -0.640. The minimum Gasteiger partial charge on any atom is -0.486 e. The third kappa shape index (κ3) is 6.15. The zero-order valence-electron chi connectivity index (χ0n) is 20.1. The van der Waals surface area contributed by atoms with E-state index < -0.39 is 23.6 Å². The number of thioether (sulfide) groups is 1. The Balaban J connectivity index is 1.28. The number of para-hydroxylation sites is 1. The molecule has 1 fully saturated rings. The number of hydrogen-bond donors (Lipinski definition) is 1. The molecule has 0 atom stereocenters. The second-order valence-corrected chi connectivity index (χ2v) is 11.2. The van der Waals surface area contributed by atoms with Gasteiger partial charge in [-0.3, -0.25) is 19.3 Å². The third-order valence-electron chi connectivity index (χ3n) is 5.89. The molecule has 39 heavy (non-hydrogen) atoms. The largest absolute Gasteiger partial charge is 0.486 e. The fourth-order valence-corrected chi connectivity index (χ4v) is 6.06. The van der Waals surface area contributed by atoms with E-state index >= 15 is 0 Å². The average molecular weight is 642 g/mol. The molecule has 0 spiro atoms. The summed E-state index contributed by atoms with van der Waals surface area (Å²) in [7, 11) is 0. The normalized spacial score (nSPS) is 14.3. The molecule has 5 rings (SSSR count). The number of carbonyl (C=O) groups is 3. The lowest BCUT2D eigenvalue weighted by atomic mass is 10.1. The van der Waals surface area contributed by atoms with Crippen LogP contribution < -0.4 is 10.1 Å². The van der Waals surface area contributed by atoms with Gasteiger partial charge in [-0.2, -0.15) is 0 Å². The van der Waals surface area contributed by atoms with Gasteiger partial charge in [-0.1, -0.05) is 77.8 Å². The molecule has 0 bridgehead atoms. The molecule has 1 saturated heterocycles. The zero-order chi connectivity index (χ0) is 27.5. The number of anilines is 1. The van der Waals surface area contributed by atoms with Crippen molar-refractivity contribution >= 4 is 90.5 Å². The summed E-state index contributed by atoms with van der Waals surface area (Å²) in [6.07, 6.45) is 1.56. The molecule has 4 aromatic carbocycles. The van der Waals surface area contributed by atoms with Gasteiger partial charge in [0.05, 0.1) is 25.1 Å². The minimum absolute atomic E-state index is 0.179. The van der Waals surface area contributed by atoms with Gasteiger partial charge in [0.1, 0.15) is 13.2 Å². The highest BCUT2D eigenvalue weighted by Crippen LogP contribution is 2.38. The molecule has 0 aromatic heterocycles. The van der Waals surface area contributed by atoms with Crippen molar-refractivity contribution in [3.63, 3.8) is 0 Å². The monoisotopic (exact) mass is 640 g/mol. The van der Waals surface area contributed by atoms with Gasteiger partial charge in [-0.15, -0.1) is 0 Å². The van der Waals surface area contributed by atoms with Crippen molar-refractivity contribution in [3.8, 4) is 5.75 Å². The molecule has 4 aromatic rings. The van der Waals surface area contributed by atoms with E-state index in [1.54, 1.807) is 42.5 Å². The SMILES string of the molecule is O=C(CN1C(=O)S/C(=C/c2cc(Cl)c(OCc3cccc4ccccc34)c(Br)c2)C1=O)Nc1ccccc1Cl. The Morgan fingerprint density at radius 2 is 1.72 bits per heavy atom. The number of nitrogens with one attached hydrogen (secondary N) is 1. The van der Waals surface area contributed by atoms with E-state index in [2.05, 4.69) is 21.2 Å². The van der Waals surface area contributed by atoms with Crippen LogP contribution in [-0.2, 0) is 16.2 Å². The maximum absolute atomic E-state index is 12.9. The van der Waals surface area contributed by atoms with Crippen molar-refractivity contribution in [2.45, 2.75) is 6.61 Å². The summed E-state index contributed by atoms with van der Waals surface area (Å²) in [4.78, 5) is 39.0. The Bertz CT molecular complexity index is 1630. The fourth-order valence-electron chi connectivity index (χ4n) is 4.05. The Morgan fingerprint density at radius 3 is 2.51 bits per heavy atom. The molecule has 3 amide bonds. The molecule has 1 aliphatic rings. The smallest absolute Gasteiger partial charge is 0.294 e. The number of rotatable bonds is 7. The van der Waals surface area contributed by atoms with Crippen LogP contribution >= 0.6 is 50.9 Å². The lowest BCUT2D eigenvalue weighted by molar-refractivity contribution is -0.127. The summed E-state index contributed by atoms with van der Waals surface area (Å²) in [6, 6.07) is 24.2. The molecule has 0 radical (unpaired) electrons. The van der Waals surface area contributed by atoms with E-state index in [-0.39, 0.29) is 4.91 Å². The summed E-state index contributed by atoms with van der Waals surface area (Å²) in [5, 5.41) is 4.99. The lowest BCUT2D eigenvalue weighted by Gasteiger charge is -2.13. The first kappa shape index (κ1) is 27.3. The second kappa shape index (κ2) is 11.8. The Morgan fingerprint density at radius 1 is 0.974 bits per heavy atom. The van der Waals surface area contributed by atoms with Crippen molar-refractivity contribution < 1.29 is 19.1 Å². The van der Waals surface area contributed by atoms with E-state index in [1.807, 2.05) is 42.5 Å². The van der Waals surface area contributed by atoms with Gasteiger partial charge in [0, 0.05) is 0 Å². The van der Waals surface area contributed by atoms with E-state index in [0.717, 1.165) is 33.0 Å². The fraction of sp³-hybridized carbons (Fsp3) is 0.0690. The molecule has 6 nitrogen and oxygen atoms in total. The molecular weight excluding hydrogens is 623 g/mol. The summed E-state index contributed by atoms with van der Waals surface area (Å²) in [6.45, 7) is -0.118. The van der Waals surface area contributed by atoms with Crippen LogP contribution in [0.25, 0.3) is 16.8 Å². The first-order chi connectivity index (χ1) is 18.8. The van der Waals surface area contributed by atoms with Gasteiger partial charge >= 0.3 is 0 Å². The molecule has 0 saturated carbocycles. The quantitative estimate of drug-likeness (QED) is 0.206. The number of halogens is 3. The van der Waals surface area contributed by atoms with Crippen molar-refractivity contribution in [1.29, 1.82) is 0 Å². The Labute approximate surface area is 247 Å². The predicted molar refractivity (Wildman–Crippen MR) is 160 cm³/mol. The van der Waals surface area contributed by atoms with Gasteiger partial charge in [-0.05, 0) is 79.9 Å². The molecule has 10 heteroatoms. The number of fused-ring (bicyclic) bond motifs is 1. The maximum atomic E-state index is 12.9. The summed E-state index contributed by atoms with van der Waals surface area (Å²) < 4.78 is 6.65. The summed E-state index contributed by atoms with van der Waals surface area (Å²) >= 11 is 16.9. The molecule has 1 heterocycles. The van der Waals surface area contributed by atoms with Crippen LogP contribution in [-0.4, -0.2) is 28.5 Å². The number of carbonyl (C=O) groups excluding carboxylic acids is 3. The number of imide groups is 1. The highest BCUT2D eigenvalue weighted by molar-refractivity contribution is 9.10. The second-order valence-electron chi connectivity index (χ2n) is 8.54. The number of benzene rings is 4. The molecule has 0 unspecified atom stereocenters. The minimum atomic E-state index is -0.567. The van der Waals surface area contributed by atoms with Crippen LogP contribution in [0, 0.1) is 0 Å². The van der Waals surface area contributed by atoms with Crippen LogP contribution in [0.15, 0.2) is 88.2 Å². The molecule has 0 aliphatic carbocycles. The molecule has 1 N–H and O–H groups in total. The van der Waals surface area contributed by atoms with Crippen molar-refractivity contribution in [2.24, 2.45) is 0 Å². The first-order valence-corrected chi connectivity index (χ1v) is 14.0. The molecule has 196 valence electrons. The van der Waals surface area contributed by atoms with Crippen LogP contribution in [0.3, 0.4) is 0 Å². The van der Waals surface area contributed by atoms with Gasteiger partial charge in [0.2, 0.25) is 5.91 Å². The number of hydrogen-bond acceptors (Lipinski definition) is 5. The zero-order valence-corrected chi connectivity index (χ0v) is 24.0. The van der Waals surface area contributed by atoms with Crippen LogP contribution in [0.2, 0.25) is 10.0 Å². The van der Waals surface area contributed by atoms with E-state index in [4.69, 9.17) is 27.9 Å². The van der Waals surface area contributed by atoms with Gasteiger partial charge < -0.3 is 10.1 Å². The van der Waals surface area contributed by atoms with Crippen molar-refractivity contribution in [3.05, 3.63) is 109 Å². The average Bonchev–Trinajstić information content (AvgIpc) is 3.16. The molecule has 1 aliphatic heterocycles. The van der Waals surface area contributed by atoms with E-state index in [0.29, 0.717) is 38.1 Å². The summed E-state index contributed by atoms with van der Waals surface area (Å²) in [5.41, 5.74) is 2.01. The third-order valence-corrected chi connectivity index (χ3v) is 8.00. The van der Waals surface area contributed by atoms with Crippen LogP contribution in [0.1, 0.15) is 11.1 Å². The van der Waals surface area contributed by atoms with Crippen LogP contribution in [0.4, 0.5) is 10.5 Å². The Kier molecular flexibility index (Phi) is 8.28. The van der Waals surface area contributed by atoms with Gasteiger partial charge in [-0.25, -0.2) is 0 Å². The van der Waals surface area contributed by atoms with Crippen LogP contribution in [0.5, 0.6) is 5.75 Å². The predicted octanol–water partition coefficient (Wildman–Crippen LogP) is 8.16. The van der Waals surface area contributed by atoms with E-state index in [9.17, 15) is 14.4 Å². The highest BCUT2D eigenvalue weighted by Gasteiger charge is 2.36. The first-order valence-electron chi connectivity index (χ1n) is 11.7. The standard InChI is InChI=1S/C29H19BrCl2N2O4S/c30-21-12-17(13-23(32)27(21)38-16-19-8-5-7-18-6-1-2-9-20(18)19)14-25-28(36)34(29(37)39-25)15-26(35)33-24-11-4-3-10-22(24)31/h1-14H,15-16H2,(H,33,35)/b25-14+. The van der Waals surface area contributed by atoms with Crippen molar-refractivity contribution in [2.75, 3.05) is 11.9 Å². The number of amides is 3. The lowest BCUT2D eigenvalue weighted by Crippen LogP contribution is -2.36. The number of ether oxygens (including phenoxy) is 1. The topological polar surface area (TPSA) is 75.7 Å².